The van der Waals surface area contributed by atoms with Crippen LogP contribution in [0.25, 0.3) is 32.7 Å². The van der Waals surface area contributed by atoms with Crippen LogP contribution in [-0.4, -0.2) is 31.0 Å². The average molecular weight is 581 g/mol. The first kappa shape index (κ1) is 32.0. The Hall–Kier alpha value is -3.51. The fraction of sp³-hybridized carbons (Fsp3) is 0. The number of aromatic hydroxyl groups is 1. The second-order valence-corrected chi connectivity index (χ2v) is 11.1. The second-order valence-electron chi connectivity index (χ2n) is 8.37. The molecule has 0 fully saturated rings. The van der Waals surface area contributed by atoms with Crippen LogP contribution in [0, 0.1) is 0 Å². The van der Waals surface area contributed by atoms with E-state index in [-0.39, 0.29) is 70.7 Å². The number of nitrogens with one attached hydrogen (secondary N) is 1. The van der Waals surface area contributed by atoms with Gasteiger partial charge in [0.05, 0.1) is 26.6 Å². The van der Waals surface area contributed by atoms with Crippen molar-refractivity contribution in [3.05, 3.63) is 90.6 Å². The molecule has 0 unspecified atom stereocenters. The molecule has 0 spiro atoms. The molecule has 2 aliphatic carbocycles. The van der Waals surface area contributed by atoms with Crippen molar-refractivity contribution in [2.75, 3.05) is 11.2 Å². The monoisotopic (exact) mass is 581 g/mol. The van der Waals surface area contributed by atoms with Crippen LogP contribution in [0.15, 0.2) is 83.9 Å². The van der Waals surface area contributed by atoms with E-state index in [1.807, 2.05) is 0 Å². The van der Waals surface area contributed by atoms with Crippen molar-refractivity contribution in [3.63, 3.8) is 0 Å². The predicted molar refractivity (Wildman–Crippen MR) is 137 cm³/mol. The van der Waals surface area contributed by atoms with Gasteiger partial charge in [0, 0.05) is 27.3 Å². The van der Waals surface area contributed by atoms with Crippen molar-refractivity contribution in [3.8, 4) is 16.9 Å². The van der Waals surface area contributed by atoms with Crippen molar-refractivity contribution in [1.82, 2.24) is 0 Å². The number of benzene rings is 5. The largest absolute Gasteiger partial charge is 1.00 e. The topological polar surface area (TPSA) is 236 Å². The molecule has 4 N–H and O–H groups in total. The number of nitrogens with two attached hydrogens (primary N) is 1. The maximum atomic E-state index is 12.9. The van der Waals surface area contributed by atoms with Crippen LogP contribution in [0.4, 0.5) is 11.4 Å². The van der Waals surface area contributed by atoms with Crippen LogP contribution < -0.4 is 70.5 Å². The normalized spacial score (nSPS) is 12.3. The molecule has 198 valence electrons. The van der Waals surface area contributed by atoms with Crippen molar-refractivity contribution in [1.29, 1.82) is 0 Å². The molecule has 0 atom stereocenters. The number of phenolic OH excluding ortho intramolecular Hbond substituents is 1. The molecular formula is C24H13Li2N3O10S2. The van der Waals surface area contributed by atoms with Crippen LogP contribution in [0.5, 0.6) is 5.75 Å². The summed E-state index contributed by atoms with van der Waals surface area (Å²) >= 11 is 0. The average Bonchev–Trinajstić information content (AvgIpc) is 2.85. The van der Waals surface area contributed by atoms with Gasteiger partial charge >= 0.3 is 37.7 Å². The van der Waals surface area contributed by atoms with Crippen molar-refractivity contribution >= 4 is 53.2 Å². The van der Waals surface area contributed by atoms with Crippen LogP contribution >= 0.6 is 0 Å². The summed E-state index contributed by atoms with van der Waals surface area (Å²) in [6.45, 7) is 0. The van der Waals surface area contributed by atoms with Gasteiger partial charge in [-0.1, -0.05) is 30.3 Å². The Kier molecular flexibility index (Phi) is 8.63. The first-order valence-electron chi connectivity index (χ1n) is 10.7. The van der Waals surface area contributed by atoms with Gasteiger partial charge in [-0.15, -0.1) is 0 Å². The van der Waals surface area contributed by atoms with Gasteiger partial charge in [-0.05, 0) is 24.3 Å². The van der Waals surface area contributed by atoms with Crippen LogP contribution in [0.1, 0.15) is 0 Å². The van der Waals surface area contributed by atoms with Crippen LogP contribution in [0.3, 0.4) is 0 Å². The molecule has 0 heterocycles. The quantitative estimate of drug-likeness (QED) is 0.0449. The van der Waals surface area contributed by atoms with Gasteiger partial charge in [-0.2, -0.15) is 5.10 Å². The molecule has 13 nitrogen and oxygen atoms in total. The van der Waals surface area contributed by atoms with Crippen molar-refractivity contribution in [2.24, 2.45) is 5.10 Å². The first-order chi connectivity index (χ1) is 18.2. The molecule has 0 amide bonds. The van der Waals surface area contributed by atoms with E-state index in [9.17, 15) is 45.4 Å². The Bertz CT molecular complexity index is 2300. The van der Waals surface area contributed by atoms with E-state index in [0.29, 0.717) is 6.07 Å². The van der Waals surface area contributed by atoms with E-state index in [2.05, 4.69) is 10.5 Å². The zero-order chi connectivity index (χ0) is 28.4. The second kappa shape index (κ2) is 11.1. The van der Waals surface area contributed by atoms with E-state index in [1.54, 1.807) is 12.1 Å². The third-order valence-electron chi connectivity index (χ3n) is 6.08. The van der Waals surface area contributed by atoms with Crippen LogP contribution in [-0.2, 0) is 20.2 Å². The molecule has 5 rings (SSSR count). The summed E-state index contributed by atoms with van der Waals surface area (Å²) in [6.07, 6.45) is 0. The van der Waals surface area contributed by atoms with E-state index < -0.39 is 68.5 Å². The summed E-state index contributed by atoms with van der Waals surface area (Å²) < 4.78 is 70.1. The maximum Gasteiger partial charge on any atom is 1.00 e. The summed E-state index contributed by atoms with van der Waals surface area (Å²) in [6, 6.07) is 10.5. The number of phenols is 1. The number of hydrogen-bond donors (Lipinski definition) is 3. The SMILES string of the molecule is Nc1c(S(=O)(=O)[O-])cc(S(=O)(=O)[O-])c2ccc(NN=c3cc4c(=O)c5ccccc5c(=O)c-4cc3=O)c(O)c12.[Li+].[Li+]. The molecule has 0 saturated carbocycles. The van der Waals surface area contributed by atoms with E-state index in [4.69, 9.17) is 5.73 Å². The Morgan fingerprint density at radius 1 is 0.756 bits per heavy atom. The van der Waals surface area contributed by atoms with E-state index >= 15 is 0 Å². The molecule has 0 aromatic heterocycles. The van der Waals surface area contributed by atoms with Gasteiger partial charge in [0.15, 0.2) is 16.6 Å². The minimum Gasteiger partial charge on any atom is -0.744 e. The standard InChI is InChI=1S/C24H15N3O10S2.2Li/c25-21-19(39(35,36)37)9-18(38(32,33)34)12-5-6-15(24(31)20(12)21)26-27-16-7-13-14(8-17(16)28)23(30)11-4-2-1-3-10(11)22(13)29;;/h1-9,26,31H,25H2,(H,32,33,34)(H,35,36,37);;/q;2*+1/p-2. The first-order valence-corrected chi connectivity index (χ1v) is 13.5. The van der Waals surface area contributed by atoms with E-state index in [1.165, 1.54) is 12.1 Å². The Balaban J connectivity index is 0.00000231. The smallest absolute Gasteiger partial charge is 0.744 e. The fourth-order valence-corrected chi connectivity index (χ4v) is 5.70. The number of nitrogens with zero attached hydrogens (tertiary/aromatic N) is 1. The Labute approximate surface area is 254 Å². The minimum absolute atomic E-state index is 0. The maximum absolute atomic E-state index is 12.9. The Morgan fingerprint density at radius 2 is 1.29 bits per heavy atom. The van der Waals surface area contributed by atoms with Gasteiger partial charge in [0.2, 0.25) is 5.43 Å². The molecule has 3 aromatic rings. The van der Waals surface area contributed by atoms with Crippen LogP contribution in [0.2, 0.25) is 0 Å². The minimum atomic E-state index is -5.37. The third kappa shape index (κ3) is 5.42. The number of nitrogen functional groups attached to an aromatic ring is 1. The molecule has 17 heteroatoms. The summed E-state index contributed by atoms with van der Waals surface area (Å²) in [5.74, 6) is -0.894. The summed E-state index contributed by atoms with van der Waals surface area (Å²) in [4.78, 5) is 36.0. The van der Waals surface area contributed by atoms with Gasteiger partial charge in [0.1, 0.15) is 25.6 Å². The third-order valence-corrected chi connectivity index (χ3v) is 7.83. The predicted octanol–water partition coefficient (Wildman–Crippen LogP) is -5.91. The molecule has 41 heavy (non-hydrogen) atoms. The number of hydrogen-bond acceptors (Lipinski definition) is 13. The summed E-state index contributed by atoms with van der Waals surface area (Å²) in [5.41, 5.74) is 4.92. The van der Waals surface area contributed by atoms with Crippen molar-refractivity contribution in [2.45, 2.75) is 9.79 Å². The number of rotatable bonds is 4. The van der Waals surface area contributed by atoms with Gasteiger partial charge in [0.25, 0.3) is 0 Å². The zero-order valence-corrected chi connectivity index (χ0v) is 22.8. The molecule has 0 radical (unpaired) electrons. The molecule has 0 aliphatic heterocycles. The molecule has 0 saturated heterocycles. The Morgan fingerprint density at radius 3 is 1.83 bits per heavy atom. The molecular weight excluding hydrogens is 568 g/mol. The molecule has 0 bridgehead atoms. The zero-order valence-electron chi connectivity index (χ0n) is 21.2. The van der Waals surface area contributed by atoms with E-state index in [0.717, 1.165) is 24.3 Å². The fourth-order valence-electron chi connectivity index (χ4n) is 4.29. The van der Waals surface area contributed by atoms with Gasteiger partial charge in [-0.25, -0.2) is 16.8 Å². The van der Waals surface area contributed by atoms with Crippen molar-refractivity contribution < 1.29 is 68.8 Å². The number of fused-ring (bicyclic) bond motifs is 3. The summed E-state index contributed by atoms with van der Waals surface area (Å²) in [5, 5.41) is 13.4. The number of anilines is 2. The molecule has 3 aromatic carbocycles. The summed E-state index contributed by atoms with van der Waals surface area (Å²) in [7, 11) is -10.7. The van der Waals surface area contributed by atoms with Gasteiger partial charge < -0.3 is 19.9 Å². The van der Waals surface area contributed by atoms with Gasteiger partial charge in [-0.3, -0.25) is 19.8 Å². The molecule has 2 aliphatic rings.